The number of nitrogens with two attached hydrogens (primary N) is 1. The van der Waals surface area contributed by atoms with Crippen LogP contribution in [0.25, 0.3) is 0 Å². The largest absolute Gasteiger partial charge is 0.472 e. The van der Waals surface area contributed by atoms with Gasteiger partial charge < -0.3 is 10.2 Å². The summed E-state index contributed by atoms with van der Waals surface area (Å²) in [6.07, 6.45) is 5.22. The summed E-state index contributed by atoms with van der Waals surface area (Å²) in [4.78, 5) is 6.48. The van der Waals surface area contributed by atoms with Crippen molar-refractivity contribution in [1.29, 1.82) is 0 Å². The molecule has 90 valence electrons. The Labute approximate surface area is 101 Å². The Balaban J connectivity index is 2.06. The highest BCUT2D eigenvalue weighted by Gasteiger charge is 2.16. The average Bonchev–Trinajstić information content (AvgIpc) is 2.85. The first-order valence-electron chi connectivity index (χ1n) is 5.63. The quantitative estimate of drug-likeness (QED) is 0.852. The molecule has 0 bridgehead atoms. The highest BCUT2D eigenvalue weighted by Crippen LogP contribution is 2.19. The maximum absolute atomic E-state index is 5.81. The van der Waals surface area contributed by atoms with E-state index in [0.717, 1.165) is 17.8 Å². The highest BCUT2D eigenvalue weighted by atomic mass is 16.3. The van der Waals surface area contributed by atoms with Crippen molar-refractivity contribution < 1.29 is 4.42 Å². The predicted molar refractivity (Wildman–Crippen MR) is 66.2 cm³/mol. The maximum Gasteiger partial charge on any atom is 0.0950 e. The van der Waals surface area contributed by atoms with Crippen molar-refractivity contribution in [2.45, 2.75) is 12.6 Å². The predicted octanol–water partition coefficient (Wildman–Crippen LogP) is 1.81. The number of pyridine rings is 1. The lowest BCUT2D eigenvalue weighted by atomic mass is 10.1. The van der Waals surface area contributed by atoms with E-state index in [2.05, 4.69) is 9.88 Å². The van der Waals surface area contributed by atoms with E-state index in [9.17, 15) is 0 Å². The summed E-state index contributed by atoms with van der Waals surface area (Å²) in [7, 11) is 2.04. The van der Waals surface area contributed by atoms with E-state index in [1.165, 1.54) is 0 Å². The van der Waals surface area contributed by atoms with Crippen molar-refractivity contribution in [1.82, 2.24) is 9.88 Å². The highest BCUT2D eigenvalue weighted by molar-refractivity contribution is 5.13. The summed E-state index contributed by atoms with van der Waals surface area (Å²) in [5.74, 6) is 0. The van der Waals surface area contributed by atoms with E-state index in [1.807, 2.05) is 31.3 Å². The second-order valence-electron chi connectivity index (χ2n) is 4.04. The molecule has 0 fully saturated rings. The molecule has 17 heavy (non-hydrogen) atoms. The van der Waals surface area contributed by atoms with Gasteiger partial charge in [0.15, 0.2) is 0 Å². The van der Waals surface area contributed by atoms with Crippen LogP contribution in [-0.4, -0.2) is 23.5 Å². The lowest BCUT2D eigenvalue weighted by Gasteiger charge is -2.25. The number of likely N-dealkylation sites (N-methyl/N-ethyl adjacent to an activating group) is 1. The van der Waals surface area contributed by atoms with Crippen LogP contribution >= 0.6 is 0 Å². The molecule has 1 unspecified atom stereocenters. The lowest BCUT2D eigenvalue weighted by Crippen LogP contribution is -2.30. The van der Waals surface area contributed by atoms with Gasteiger partial charge in [-0.25, -0.2) is 0 Å². The van der Waals surface area contributed by atoms with Crippen LogP contribution in [0.2, 0.25) is 0 Å². The van der Waals surface area contributed by atoms with Gasteiger partial charge in [0.25, 0.3) is 0 Å². The molecule has 0 amide bonds. The van der Waals surface area contributed by atoms with E-state index in [0.29, 0.717) is 6.54 Å². The third-order valence-electron chi connectivity index (χ3n) is 2.82. The van der Waals surface area contributed by atoms with E-state index < -0.39 is 0 Å². The molecular formula is C13H17N3O. The first kappa shape index (κ1) is 11.8. The second kappa shape index (κ2) is 5.61. The van der Waals surface area contributed by atoms with Crippen LogP contribution in [-0.2, 0) is 6.54 Å². The van der Waals surface area contributed by atoms with Crippen molar-refractivity contribution in [3.8, 4) is 0 Å². The number of aromatic nitrogens is 1. The Kier molecular flexibility index (Phi) is 3.90. The smallest absolute Gasteiger partial charge is 0.0950 e. The fraction of sp³-hybridized carbons (Fsp3) is 0.308. The van der Waals surface area contributed by atoms with Gasteiger partial charge in [-0.2, -0.15) is 0 Å². The molecule has 0 aliphatic carbocycles. The van der Waals surface area contributed by atoms with Crippen LogP contribution in [0.1, 0.15) is 17.3 Å². The van der Waals surface area contributed by atoms with Crippen LogP contribution in [0, 0.1) is 0 Å². The molecule has 4 heteroatoms. The molecule has 2 heterocycles. The summed E-state index contributed by atoms with van der Waals surface area (Å²) in [6, 6.07) is 8.04. The minimum absolute atomic E-state index is 0.163. The fourth-order valence-corrected chi connectivity index (χ4v) is 1.89. The van der Waals surface area contributed by atoms with Gasteiger partial charge in [-0.1, -0.05) is 6.07 Å². The number of rotatable bonds is 5. The zero-order valence-electron chi connectivity index (χ0n) is 9.91. The summed E-state index contributed by atoms with van der Waals surface area (Å²) in [5, 5.41) is 0. The zero-order valence-corrected chi connectivity index (χ0v) is 9.91. The van der Waals surface area contributed by atoms with Gasteiger partial charge in [-0.15, -0.1) is 0 Å². The average molecular weight is 231 g/mol. The maximum atomic E-state index is 5.81. The molecule has 2 aromatic heterocycles. The minimum atomic E-state index is 0.163. The van der Waals surface area contributed by atoms with E-state index in [1.54, 1.807) is 18.7 Å². The Morgan fingerprint density at radius 2 is 2.29 bits per heavy atom. The van der Waals surface area contributed by atoms with Gasteiger partial charge in [-0.3, -0.25) is 9.88 Å². The molecule has 1 atom stereocenters. The third kappa shape index (κ3) is 2.93. The minimum Gasteiger partial charge on any atom is -0.472 e. The Hall–Kier alpha value is -1.65. The fourth-order valence-electron chi connectivity index (χ4n) is 1.89. The van der Waals surface area contributed by atoms with Gasteiger partial charge in [0.2, 0.25) is 0 Å². The van der Waals surface area contributed by atoms with Crippen molar-refractivity contribution in [3.63, 3.8) is 0 Å². The van der Waals surface area contributed by atoms with Gasteiger partial charge in [-0.05, 0) is 25.2 Å². The van der Waals surface area contributed by atoms with Gasteiger partial charge in [0.1, 0.15) is 0 Å². The molecule has 4 nitrogen and oxygen atoms in total. The van der Waals surface area contributed by atoms with E-state index in [-0.39, 0.29) is 6.04 Å². The first-order valence-corrected chi connectivity index (χ1v) is 5.63. The molecule has 0 aliphatic heterocycles. The Bertz CT molecular complexity index is 427. The lowest BCUT2D eigenvalue weighted by molar-refractivity contribution is 0.238. The third-order valence-corrected chi connectivity index (χ3v) is 2.82. The van der Waals surface area contributed by atoms with E-state index in [4.69, 9.17) is 10.2 Å². The van der Waals surface area contributed by atoms with Crippen LogP contribution in [0.15, 0.2) is 47.4 Å². The number of nitrogens with zero attached hydrogens (tertiary/aromatic N) is 2. The topological polar surface area (TPSA) is 55.3 Å². The van der Waals surface area contributed by atoms with Crippen molar-refractivity contribution in [2.24, 2.45) is 5.73 Å². The molecule has 0 radical (unpaired) electrons. The van der Waals surface area contributed by atoms with Gasteiger partial charge in [0.05, 0.1) is 24.3 Å². The normalized spacial score (nSPS) is 12.9. The van der Waals surface area contributed by atoms with Crippen LogP contribution in [0.4, 0.5) is 0 Å². The Morgan fingerprint density at radius 3 is 2.88 bits per heavy atom. The van der Waals surface area contributed by atoms with Crippen LogP contribution in [0.3, 0.4) is 0 Å². The van der Waals surface area contributed by atoms with Crippen molar-refractivity contribution in [2.75, 3.05) is 13.6 Å². The molecule has 0 saturated heterocycles. The summed E-state index contributed by atoms with van der Waals surface area (Å²) in [6.45, 7) is 1.33. The molecule has 2 aromatic rings. The molecule has 2 N–H and O–H groups in total. The molecule has 2 rings (SSSR count). The first-order chi connectivity index (χ1) is 8.31. The number of hydrogen-bond donors (Lipinski definition) is 1. The van der Waals surface area contributed by atoms with Gasteiger partial charge >= 0.3 is 0 Å². The van der Waals surface area contributed by atoms with Crippen molar-refractivity contribution in [3.05, 3.63) is 54.2 Å². The van der Waals surface area contributed by atoms with Crippen molar-refractivity contribution >= 4 is 0 Å². The monoisotopic (exact) mass is 231 g/mol. The Morgan fingerprint density at radius 1 is 1.41 bits per heavy atom. The summed E-state index contributed by atoms with van der Waals surface area (Å²) in [5.41, 5.74) is 7.96. The molecule has 0 aromatic carbocycles. The van der Waals surface area contributed by atoms with E-state index >= 15 is 0 Å². The van der Waals surface area contributed by atoms with Crippen LogP contribution in [0.5, 0.6) is 0 Å². The SMILES string of the molecule is CN(Cc1ccccn1)C(CN)c1ccoc1. The second-order valence-corrected chi connectivity index (χ2v) is 4.04. The standard InChI is InChI=1S/C13H17N3O/c1-16(9-12-4-2-3-6-15-12)13(8-14)11-5-7-17-10-11/h2-7,10,13H,8-9,14H2,1H3. The molecule has 0 aliphatic rings. The molecule has 0 saturated carbocycles. The molecule has 0 spiro atoms. The van der Waals surface area contributed by atoms with Crippen LogP contribution < -0.4 is 5.73 Å². The summed E-state index contributed by atoms with van der Waals surface area (Å²) < 4.78 is 5.10. The number of hydrogen-bond acceptors (Lipinski definition) is 4. The summed E-state index contributed by atoms with van der Waals surface area (Å²) >= 11 is 0. The number of furan rings is 1. The molecular weight excluding hydrogens is 214 g/mol. The zero-order chi connectivity index (χ0) is 12.1. The van der Waals surface area contributed by atoms with Gasteiger partial charge in [0, 0.05) is 24.8 Å².